The summed E-state index contributed by atoms with van der Waals surface area (Å²) in [4.78, 5) is 26.3. The molecule has 7 nitrogen and oxygen atoms in total. The van der Waals surface area contributed by atoms with E-state index in [9.17, 15) is 4.79 Å². The maximum Gasteiger partial charge on any atom is 0.254 e. The summed E-state index contributed by atoms with van der Waals surface area (Å²) in [5, 5.41) is 4.00. The predicted octanol–water partition coefficient (Wildman–Crippen LogP) is 3.32. The second-order valence-electron chi connectivity index (χ2n) is 6.54. The lowest BCUT2D eigenvalue weighted by Crippen LogP contribution is -2.30. The highest BCUT2D eigenvalue weighted by molar-refractivity contribution is 5.95. The molecular weight excluding hydrogens is 330 g/mol. The fraction of sp³-hybridized carbons (Fsp3) is 0.368. The second kappa shape index (κ2) is 7.95. The number of imidazole rings is 1. The Morgan fingerprint density at radius 2 is 2.19 bits per heavy atom. The predicted molar refractivity (Wildman–Crippen MR) is 97.3 cm³/mol. The van der Waals surface area contributed by atoms with Crippen molar-refractivity contribution in [3.8, 4) is 11.4 Å². The maximum atomic E-state index is 12.9. The molecule has 7 heteroatoms. The molecule has 0 aliphatic heterocycles. The smallest absolute Gasteiger partial charge is 0.254 e. The van der Waals surface area contributed by atoms with Crippen LogP contribution >= 0.6 is 0 Å². The van der Waals surface area contributed by atoms with Crippen LogP contribution in [-0.2, 0) is 13.0 Å². The van der Waals surface area contributed by atoms with E-state index in [-0.39, 0.29) is 5.91 Å². The van der Waals surface area contributed by atoms with Crippen LogP contribution in [0.5, 0.6) is 0 Å². The molecule has 1 aromatic carbocycles. The van der Waals surface area contributed by atoms with E-state index in [0.29, 0.717) is 36.3 Å². The van der Waals surface area contributed by atoms with Crippen molar-refractivity contribution >= 4 is 5.91 Å². The number of hydrogen-bond donors (Lipinski definition) is 1. The van der Waals surface area contributed by atoms with Crippen molar-refractivity contribution in [2.24, 2.45) is 5.92 Å². The van der Waals surface area contributed by atoms with Crippen molar-refractivity contribution in [2.75, 3.05) is 6.54 Å². The molecule has 2 aromatic heterocycles. The van der Waals surface area contributed by atoms with Gasteiger partial charge >= 0.3 is 0 Å². The fourth-order valence-corrected chi connectivity index (χ4v) is 2.69. The molecule has 0 bridgehead atoms. The highest BCUT2D eigenvalue weighted by Crippen LogP contribution is 2.18. The second-order valence-corrected chi connectivity index (χ2v) is 6.54. The van der Waals surface area contributed by atoms with E-state index >= 15 is 0 Å². The molecule has 3 aromatic rings. The molecule has 0 atom stereocenters. The zero-order valence-corrected chi connectivity index (χ0v) is 15.3. The number of benzene rings is 1. The topological polar surface area (TPSA) is 87.9 Å². The fourth-order valence-electron chi connectivity index (χ4n) is 2.69. The van der Waals surface area contributed by atoms with E-state index in [0.717, 1.165) is 17.8 Å². The van der Waals surface area contributed by atoms with Gasteiger partial charge < -0.3 is 14.4 Å². The number of amides is 1. The van der Waals surface area contributed by atoms with Crippen LogP contribution in [0.15, 0.2) is 41.2 Å². The van der Waals surface area contributed by atoms with Crippen molar-refractivity contribution in [3.63, 3.8) is 0 Å². The minimum Gasteiger partial charge on any atom is -0.345 e. The van der Waals surface area contributed by atoms with Gasteiger partial charge in [0.25, 0.3) is 5.91 Å². The van der Waals surface area contributed by atoms with Crippen LogP contribution in [0, 0.1) is 5.92 Å². The Morgan fingerprint density at radius 1 is 1.35 bits per heavy atom. The summed E-state index contributed by atoms with van der Waals surface area (Å²) in [6.07, 6.45) is 4.18. The first-order valence-corrected chi connectivity index (χ1v) is 8.77. The van der Waals surface area contributed by atoms with Gasteiger partial charge in [0.2, 0.25) is 5.89 Å². The molecule has 3 rings (SSSR count). The third-order valence-corrected chi connectivity index (χ3v) is 3.98. The molecule has 2 heterocycles. The lowest BCUT2D eigenvalue weighted by molar-refractivity contribution is 0.0747. The molecule has 1 amide bonds. The molecule has 0 radical (unpaired) electrons. The molecule has 0 aliphatic carbocycles. The summed E-state index contributed by atoms with van der Waals surface area (Å²) >= 11 is 0. The molecule has 0 unspecified atom stereocenters. The Morgan fingerprint density at radius 3 is 2.88 bits per heavy atom. The van der Waals surface area contributed by atoms with E-state index in [1.54, 1.807) is 23.4 Å². The van der Waals surface area contributed by atoms with Crippen LogP contribution in [0.1, 0.15) is 42.8 Å². The van der Waals surface area contributed by atoms with Gasteiger partial charge in [0.1, 0.15) is 5.82 Å². The zero-order valence-electron chi connectivity index (χ0n) is 15.3. The van der Waals surface area contributed by atoms with Gasteiger partial charge in [-0.05, 0) is 25.0 Å². The highest BCUT2D eigenvalue weighted by Gasteiger charge is 2.18. The Balaban J connectivity index is 1.75. The summed E-state index contributed by atoms with van der Waals surface area (Å²) in [6.45, 7) is 7.00. The first kappa shape index (κ1) is 17.8. The molecular formula is C19H23N5O2. The normalized spacial score (nSPS) is 11.1. The Hall–Kier alpha value is -2.96. The standard InChI is InChI=1S/C19H23N5O2/c1-4-24(12-16-22-17(26-23-16)10-13(2)3)19(25)15-7-5-6-14(11-15)18-20-8-9-21-18/h5-9,11,13H,4,10,12H2,1-3H3,(H,20,21). The van der Waals surface area contributed by atoms with Gasteiger partial charge in [-0.3, -0.25) is 4.79 Å². The van der Waals surface area contributed by atoms with Crippen molar-refractivity contribution in [1.29, 1.82) is 0 Å². The number of nitrogens with one attached hydrogen (secondary N) is 1. The van der Waals surface area contributed by atoms with Crippen LogP contribution in [0.4, 0.5) is 0 Å². The van der Waals surface area contributed by atoms with Crippen molar-refractivity contribution < 1.29 is 9.32 Å². The SMILES string of the molecule is CCN(Cc1noc(CC(C)C)n1)C(=O)c1cccc(-c2ncc[nH]2)c1. The number of H-pyrrole nitrogens is 1. The van der Waals surface area contributed by atoms with Crippen LogP contribution in [-0.4, -0.2) is 37.5 Å². The van der Waals surface area contributed by atoms with Gasteiger partial charge in [0.05, 0.1) is 6.54 Å². The van der Waals surface area contributed by atoms with Gasteiger partial charge in [-0.25, -0.2) is 4.98 Å². The van der Waals surface area contributed by atoms with Crippen LogP contribution in [0.25, 0.3) is 11.4 Å². The molecule has 26 heavy (non-hydrogen) atoms. The average Bonchev–Trinajstić information content (AvgIpc) is 3.31. The summed E-state index contributed by atoms with van der Waals surface area (Å²) in [5.41, 5.74) is 1.47. The zero-order chi connectivity index (χ0) is 18.5. The number of aromatic amines is 1. The minimum absolute atomic E-state index is 0.0730. The Kier molecular flexibility index (Phi) is 5.46. The van der Waals surface area contributed by atoms with E-state index in [1.165, 1.54) is 0 Å². The summed E-state index contributed by atoms with van der Waals surface area (Å²) in [5.74, 6) is 2.24. The molecule has 0 spiro atoms. The van der Waals surface area contributed by atoms with E-state index < -0.39 is 0 Å². The molecule has 136 valence electrons. The number of hydrogen-bond acceptors (Lipinski definition) is 5. The molecule has 0 saturated carbocycles. The van der Waals surface area contributed by atoms with Crippen LogP contribution in [0.2, 0.25) is 0 Å². The monoisotopic (exact) mass is 353 g/mol. The third kappa shape index (κ3) is 4.17. The third-order valence-electron chi connectivity index (χ3n) is 3.98. The Labute approximate surface area is 152 Å². The minimum atomic E-state index is -0.0730. The first-order chi connectivity index (χ1) is 12.6. The number of rotatable bonds is 7. The number of nitrogens with zero attached hydrogens (tertiary/aromatic N) is 4. The molecule has 0 fully saturated rings. The molecule has 1 N–H and O–H groups in total. The van der Waals surface area contributed by atoms with Crippen molar-refractivity contribution in [2.45, 2.75) is 33.7 Å². The maximum absolute atomic E-state index is 12.9. The van der Waals surface area contributed by atoms with Crippen LogP contribution in [0.3, 0.4) is 0 Å². The van der Waals surface area contributed by atoms with Gasteiger partial charge in [-0.2, -0.15) is 4.98 Å². The molecule has 0 aliphatic rings. The van der Waals surface area contributed by atoms with E-state index in [2.05, 4.69) is 34.0 Å². The van der Waals surface area contributed by atoms with Crippen LogP contribution < -0.4 is 0 Å². The lowest BCUT2D eigenvalue weighted by Gasteiger charge is -2.19. The highest BCUT2D eigenvalue weighted by atomic mass is 16.5. The number of carbonyl (C=O) groups excluding carboxylic acids is 1. The van der Waals surface area contributed by atoms with Gasteiger partial charge in [0.15, 0.2) is 5.82 Å². The van der Waals surface area contributed by atoms with Crippen molar-refractivity contribution in [3.05, 3.63) is 53.9 Å². The summed E-state index contributed by atoms with van der Waals surface area (Å²) in [6, 6.07) is 7.42. The first-order valence-electron chi connectivity index (χ1n) is 8.77. The quantitative estimate of drug-likeness (QED) is 0.704. The van der Waals surface area contributed by atoms with Crippen molar-refractivity contribution in [1.82, 2.24) is 25.0 Å². The lowest BCUT2D eigenvalue weighted by atomic mass is 10.1. The number of carbonyl (C=O) groups is 1. The van der Waals surface area contributed by atoms with E-state index in [1.807, 2.05) is 25.1 Å². The van der Waals surface area contributed by atoms with Gasteiger partial charge in [0, 0.05) is 36.5 Å². The van der Waals surface area contributed by atoms with E-state index in [4.69, 9.17) is 4.52 Å². The van der Waals surface area contributed by atoms with Gasteiger partial charge in [-0.15, -0.1) is 0 Å². The van der Waals surface area contributed by atoms with Gasteiger partial charge in [-0.1, -0.05) is 31.1 Å². The summed E-state index contributed by atoms with van der Waals surface area (Å²) < 4.78 is 5.26. The molecule has 0 saturated heterocycles. The largest absolute Gasteiger partial charge is 0.345 e. The summed E-state index contributed by atoms with van der Waals surface area (Å²) in [7, 11) is 0. The Bertz CT molecular complexity index is 854. The average molecular weight is 353 g/mol. The number of aromatic nitrogens is 4.